The molecular weight excluding hydrogens is 288 g/mol. The molecule has 0 saturated carbocycles. The number of rotatable bonds is 5. The summed E-state index contributed by atoms with van der Waals surface area (Å²) >= 11 is 0. The Morgan fingerprint density at radius 3 is 2.91 bits per heavy atom. The van der Waals surface area contributed by atoms with E-state index < -0.39 is 4.92 Å². The maximum Gasteiger partial charge on any atom is 0.315 e. The third-order valence-electron chi connectivity index (χ3n) is 3.14. The van der Waals surface area contributed by atoms with Crippen LogP contribution in [0, 0.1) is 10.1 Å². The van der Waals surface area contributed by atoms with Crippen molar-refractivity contribution in [1.29, 1.82) is 0 Å². The molecule has 0 fully saturated rings. The number of aryl methyl sites for hydroxylation is 1. The monoisotopic (exact) mass is 304 g/mol. The Labute approximate surface area is 126 Å². The average Bonchev–Trinajstić information content (AvgIpc) is 2.90. The minimum absolute atomic E-state index is 0.00866. The first kappa shape index (κ1) is 15.4. The normalized spacial score (nSPS) is 11.7. The van der Waals surface area contributed by atoms with Crippen molar-refractivity contribution in [3.05, 3.63) is 52.1 Å². The van der Waals surface area contributed by atoms with Crippen molar-refractivity contribution < 1.29 is 9.72 Å². The minimum Gasteiger partial charge on any atom is -0.332 e. The minimum atomic E-state index is -0.468. The van der Waals surface area contributed by atoms with Crippen LogP contribution in [0.2, 0.25) is 0 Å². The Kier molecular flexibility index (Phi) is 4.66. The lowest BCUT2D eigenvalue weighted by Gasteiger charge is -2.14. The van der Waals surface area contributed by atoms with Crippen molar-refractivity contribution >= 4 is 11.7 Å². The summed E-state index contributed by atoms with van der Waals surface area (Å²) in [5, 5.41) is 20.0. The van der Waals surface area contributed by atoms with E-state index in [1.165, 1.54) is 18.5 Å². The number of benzene rings is 1. The zero-order chi connectivity index (χ0) is 16.1. The van der Waals surface area contributed by atoms with Crippen LogP contribution in [-0.4, -0.2) is 25.7 Å². The quantitative estimate of drug-likeness (QED) is 0.638. The molecule has 0 saturated heterocycles. The Hall–Kier alpha value is -2.97. The molecule has 22 heavy (non-hydrogen) atoms. The van der Waals surface area contributed by atoms with Gasteiger partial charge >= 0.3 is 6.03 Å². The average molecular weight is 304 g/mol. The lowest BCUT2D eigenvalue weighted by molar-refractivity contribution is -0.384. The van der Waals surface area contributed by atoms with Crippen LogP contribution >= 0.6 is 0 Å². The van der Waals surface area contributed by atoms with Gasteiger partial charge in [-0.3, -0.25) is 14.8 Å². The molecule has 0 unspecified atom stereocenters. The molecule has 1 aromatic heterocycles. The number of hydrogen-bond acceptors (Lipinski definition) is 5. The lowest BCUT2D eigenvalue weighted by atomic mass is 10.1. The number of hydrogen-bond donors (Lipinski definition) is 2. The van der Waals surface area contributed by atoms with Gasteiger partial charge in [-0.05, 0) is 12.5 Å². The number of carbonyl (C=O) groups is 1. The molecule has 0 aliphatic heterocycles. The van der Waals surface area contributed by atoms with E-state index in [1.54, 1.807) is 30.8 Å². The molecule has 9 heteroatoms. The van der Waals surface area contributed by atoms with Gasteiger partial charge < -0.3 is 10.6 Å². The molecule has 0 radical (unpaired) electrons. The number of nitro groups is 1. The number of urea groups is 1. The predicted octanol–water partition coefficient (Wildman–Crippen LogP) is 1.28. The van der Waals surface area contributed by atoms with Crippen molar-refractivity contribution in [2.24, 2.45) is 7.05 Å². The molecule has 2 rings (SSSR count). The van der Waals surface area contributed by atoms with Crippen LogP contribution in [-0.2, 0) is 13.6 Å². The number of nitrogens with one attached hydrogen (secondary N) is 2. The van der Waals surface area contributed by atoms with Crippen LogP contribution in [0.25, 0.3) is 0 Å². The SMILES string of the molecule is C[C@@H](NC(=O)NCc1ncnn1C)c1cccc([N+](=O)[O-])c1. The molecular formula is C13H16N6O3. The summed E-state index contributed by atoms with van der Waals surface area (Å²) < 4.78 is 1.56. The van der Waals surface area contributed by atoms with Gasteiger partial charge in [-0.1, -0.05) is 12.1 Å². The van der Waals surface area contributed by atoms with E-state index in [0.717, 1.165) is 0 Å². The van der Waals surface area contributed by atoms with E-state index in [-0.39, 0.29) is 24.3 Å². The molecule has 1 heterocycles. The van der Waals surface area contributed by atoms with E-state index in [4.69, 9.17) is 0 Å². The summed E-state index contributed by atoms with van der Waals surface area (Å²) in [6.45, 7) is 1.99. The number of aromatic nitrogens is 3. The molecule has 1 atom stereocenters. The van der Waals surface area contributed by atoms with Crippen LogP contribution in [0.1, 0.15) is 24.4 Å². The fourth-order valence-electron chi connectivity index (χ4n) is 1.88. The Balaban J connectivity index is 1.92. The van der Waals surface area contributed by atoms with Crippen molar-refractivity contribution in [3.8, 4) is 0 Å². The van der Waals surface area contributed by atoms with Gasteiger partial charge in [0, 0.05) is 19.2 Å². The fraction of sp³-hybridized carbons (Fsp3) is 0.308. The molecule has 0 aliphatic carbocycles. The van der Waals surface area contributed by atoms with Gasteiger partial charge in [-0.2, -0.15) is 5.10 Å². The largest absolute Gasteiger partial charge is 0.332 e. The first-order chi connectivity index (χ1) is 10.5. The zero-order valence-electron chi connectivity index (χ0n) is 12.2. The third-order valence-corrected chi connectivity index (χ3v) is 3.14. The summed E-state index contributed by atoms with van der Waals surface area (Å²) in [4.78, 5) is 26.1. The second-order valence-corrected chi connectivity index (χ2v) is 4.70. The number of amides is 2. The fourth-order valence-corrected chi connectivity index (χ4v) is 1.88. The Bertz CT molecular complexity index is 684. The number of nitrogens with zero attached hydrogens (tertiary/aromatic N) is 4. The first-order valence-electron chi connectivity index (χ1n) is 6.59. The van der Waals surface area contributed by atoms with Crippen molar-refractivity contribution in [3.63, 3.8) is 0 Å². The van der Waals surface area contributed by atoms with Gasteiger partial charge in [0.25, 0.3) is 5.69 Å². The van der Waals surface area contributed by atoms with Crippen LogP contribution in [0.4, 0.5) is 10.5 Å². The summed E-state index contributed by atoms with van der Waals surface area (Å²) in [6.07, 6.45) is 1.40. The molecule has 2 N–H and O–H groups in total. The maximum atomic E-state index is 11.8. The van der Waals surface area contributed by atoms with Crippen molar-refractivity contribution in [2.75, 3.05) is 0 Å². The highest BCUT2D eigenvalue weighted by Gasteiger charge is 2.13. The summed E-state index contributed by atoms with van der Waals surface area (Å²) in [6, 6.07) is 5.41. The number of non-ortho nitro benzene ring substituents is 1. The van der Waals surface area contributed by atoms with Gasteiger partial charge in [0.2, 0.25) is 0 Å². The summed E-state index contributed by atoms with van der Waals surface area (Å²) in [5.41, 5.74) is 0.647. The summed E-state index contributed by atoms with van der Waals surface area (Å²) in [5.74, 6) is 0.623. The number of carbonyl (C=O) groups excluding carboxylic acids is 1. The second kappa shape index (κ2) is 6.66. The first-order valence-corrected chi connectivity index (χ1v) is 6.59. The van der Waals surface area contributed by atoms with Gasteiger partial charge in [0.1, 0.15) is 12.2 Å². The standard InChI is InChI=1S/C13H16N6O3/c1-9(10-4-3-5-11(6-10)19(21)22)17-13(20)14-7-12-15-8-16-18(12)2/h3-6,8-9H,7H2,1-2H3,(H2,14,17,20)/t9-/m1/s1. The molecule has 0 spiro atoms. The highest BCUT2D eigenvalue weighted by atomic mass is 16.6. The second-order valence-electron chi connectivity index (χ2n) is 4.70. The van der Waals surface area contributed by atoms with Gasteiger partial charge in [-0.25, -0.2) is 9.78 Å². The van der Waals surface area contributed by atoms with E-state index in [1.807, 2.05) is 0 Å². The van der Waals surface area contributed by atoms with Gasteiger partial charge in [-0.15, -0.1) is 0 Å². The highest BCUT2D eigenvalue weighted by molar-refractivity contribution is 5.74. The molecule has 2 amide bonds. The summed E-state index contributed by atoms with van der Waals surface area (Å²) in [7, 11) is 1.73. The molecule has 0 aliphatic rings. The third kappa shape index (κ3) is 3.78. The van der Waals surface area contributed by atoms with E-state index >= 15 is 0 Å². The topological polar surface area (TPSA) is 115 Å². The van der Waals surface area contributed by atoms with Crippen LogP contribution in [0.5, 0.6) is 0 Å². The molecule has 2 aromatic rings. The van der Waals surface area contributed by atoms with E-state index in [2.05, 4.69) is 20.7 Å². The van der Waals surface area contributed by atoms with Crippen LogP contribution < -0.4 is 10.6 Å². The predicted molar refractivity (Wildman–Crippen MR) is 77.9 cm³/mol. The molecule has 1 aromatic carbocycles. The van der Waals surface area contributed by atoms with E-state index in [9.17, 15) is 14.9 Å². The van der Waals surface area contributed by atoms with Crippen molar-refractivity contribution in [2.45, 2.75) is 19.5 Å². The van der Waals surface area contributed by atoms with Crippen LogP contribution in [0.15, 0.2) is 30.6 Å². The van der Waals surface area contributed by atoms with Crippen molar-refractivity contribution in [1.82, 2.24) is 25.4 Å². The van der Waals surface area contributed by atoms with Gasteiger partial charge in [0.05, 0.1) is 17.5 Å². The molecule has 116 valence electrons. The highest BCUT2D eigenvalue weighted by Crippen LogP contribution is 2.18. The lowest BCUT2D eigenvalue weighted by Crippen LogP contribution is -2.37. The number of nitro benzene ring substituents is 1. The molecule has 0 bridgehead atoms. The van der Waals surface area contributed by atoms with Gasteiger partial charge in [0.15, 0.2) is 0 Å². The smallest absolute Gasteiger partial charge is 0.315 e. The Morgan fingerprint density at radius 2 is 2.27 bits per heavy atom. The maximum absolute atomic E-state index is 11.8. The Morgan fingerprint density at radius 1 is 1.50 bits per heavy atom. The zero-order valence-corrected chi connectivity index (χ0v) is 12.2. The van der Waals surface area contributed by atoms with E-state index in [0.29, 0.717) is 11.4 Å². The molecule has 9 nitrogen and oxygen atoms in total. The van der Waals surface area contributed by atoms with Crippen LogP contribution in [0.3, 0.4) is 0 Å².